The molecule has 8 nitrogen and oxygen atoms in total. The highest BCUT2D eigenvalue weighted by molar-refractivity contribution is 6.66. The standard InChI is InChI=1S/C39H44Cl6O8/c1-17-19(3)29-23(21(5)27(17)46)9-11-35(7,52-29)13-15-50-33(48)25-26(38(43)32(41)31(40)37(25,42)39(38,44)45)34(49)51-16-14-36(8)12-10-24-22(6)28(47)18(2)20(4)30(24)53-36/h25-26,46-47H,9-16H2,1-8H3. The van der Waals surface area contributed by atoms with Crippen LogP contribution in [0.5, 0.6) is 23.0 Å². The predicted octanol–water partition coefficient (Wildman–Crippen LogP) is 9.76. The lowest BCUT2D eigenvalue weighted by atomic mass is 9.81. The Morgan fingerprint density at radius 3 is 1.32 bits per heavy atom. The zero-order valence-corrected chi connectivity index (χ0v) is 35.5. The molecule has 6 unspecified atom stereocenters. The van der Waals surface area contributed by atoms with Gasteiger partial charge in [0, 0.05) is 24.0 Å². The molecular weight excluding hydrogens is 809 g/mol. The molecule has 6 rings (SSSR count). The fourth-order valence-electron chi connectivity index (χ4n) is 8.44. The lowest BCUT2D eigenvalue weighted by Crippen LogP contribution is -2.47. The zero-order chi connectivity index (χ0) is 39.4. The third-order valence-corrected chi connectivity index (χ3v) is 16.6. The number of ether oxygens (including phenoxy) is 4. The van der Waals surface area contributed by atoms with E-state index in [4.69, 9.17) is 88.6 Å². The predicted molar refractivity (Wildman–Crippen MR) is 208 cm³/mol. The topological polar surface area (TPSA) is 112 Å². The molecule has 2 heterocycles. The molecule has 2 aliphatic heterocycles. The number of carbonyl (C=O) groups is 2. The van der Waals surface area contributed by atoms with Gasteiger partial charge in [0.1, 0.15) is 43.9 Å². The number of benzene rings is 2. The van der Waals surface area contributed by atoms with Gasteiger partial charge in [-0.15, -0.1) is 23.2 Å². The number of halogens is 6. The van der Waals surface area contributed by atoms with Crippen LogP contribution < -0.4 is 9.47 Å². The average Bonchev–Trinajstić information content (AvgIpc) is 3.31. The van der Waals surface area contributed by atoms with Crippen molar-refractivity contribution in [2.24, 2.45) is 11.8 Å². The van der Waals surface area contributed by atoms with E-state index >= 15 is 0 Å². The van der Waals surface area contributed by atoms with Crippen molar-refractivity contribution in [1.29, 1.82) is 0 Å². The molecule has 14 heteroatoms. The number of carbonyl (C=O) groups excluding carboxylic acids is 2. The Hall–Kier alpha value is -1.94. The number of alkyl halides is 4. The van der Waals surface area contributed by atoms with Gasteiger partial charge in [-0.3, -0.25) is 9.59 Å². The van der Waals surface area contributed by atoms with Crippen molar-refractivity contribution in [2.45, 2.75) is 119 Å². The van der Waals surface area contributed by atoms with Crippen LogP contribution in [0, 0.1) is 53.4 Å². The highest BCUT2D eigenvalue weighted by Crippen LogP contribution is 2.76. The molecule has 0 amide bonds. The first-order valence-corrected chi connectivity index (χ1v) is 19.9. The first-order chi connectivity index (χ1) is 24.5. The second-order valence-corrected chi connectivity index (χ2v) is 18.9. The molecule has 2 bridgehead atoms. The molecule has 1 fully saturated rings. The molecule has 2 aromatic carbocycles. The fourth-order valence-corrected chi connectivity index (χ4v) is 11.4. The molecule has 0 aromatic heterocycles. The van der Waals surface area contributed by atoms with Gasteiger partial charge in [-0.1, -0.05) is 46.4 Å². The van der Waals surface area contributed by atoms with Crippen LogP contribution in [0.1, 0.15) is 84.0 Å². The summed E-state index contributed by atoms with van der Waals surface area (Å²) in [5, 5.41) is 20.6. The van der Waals surface area contributed by atoms with Crippen LogP contribution in [-0.4, -0.2) is 60.6 Å². The Bertz CT molecular complexity index is 1830. The van der Waals surface area contributed by atoms with E-state index in [9.17, 15) is 19.8 Å². The van der Waals surface area contributed by atoms with Crippen LogP contribution in [0.25, 0.3) is 0 Å². The van der Waals surface area contributed by atoms with Crippen LogP contribution in [0.4, 0.5) is 0 Å². The summed E-state index contributed by atoms with van der Waals surface area (Å²) < 4.78 is 22.4. The van der Waals surface area contributed by atoms with Gasteiger partial charge in [0.2, 0.25) is 0 Å². The van der Waals surface area contributed by atoms with Gasteiger partial charge in [0.25, 0.3) is 0 Å². The van der Waals surface area contributed by atoms with E-state index in [1.54, 1.807) is 0 Å². The number of rotatable bonds is 8. The summed E-state index contributed by atoms with van der Waals surface area (Å²) in [6.45, 7) is 14.9. The Morgan fingerprint density at radius 2 is 0.981 bits per heavy atom. The van der Waals surface area contributed by atoms with Gasteiger partial charge in [-0.25, -0.2) is 0 Å². The van der Waals surface area contributed by atoms with E-state index in [0.717, 1.165) is 56.0 Å². The first-order valence-electron chi connectivity index (χ1n) is 17.7. The van der Waals surface area contributed by atoms with Crippen molar-refractivity contribution in [3.8, 4) is 23.0 Å². The van der Waals surface area contributed by atoms with E-state index < -0.39 is 49.1 Å². The average molecular weight is 853 g/mol. The summed E-state index contributed by atoms with van der Waals surface area (Å²) in [6, 6.07) is 0. The molecule has 6 atom stereocenters. The third-order valence-electron chi connectivity index (χ3n) is 12.4. The summed E-state index contributed by atoms with van der Waals surface area (Å²) in [5.74, 6) is -2.93. The van der Waals surface area contributed by atoms with E-state index in [1.165, 1.54) is 0 Å². The van der Waals surface area contributed by atoms with Crippen LogP contribution in [-0.2, 0) is 31.9 Å². The van der Waals surface area contributed by atoms with Crippen molar-refractivity contribution >= 4 is 81.5 Å². The second kappa shape index (κ2) is 13.6. The molecule has 4 aliphatic rings. The van der Waals surface area contributed by atoms with Gasteiger partial charge in [-0.2, -0.15) is 0 Å². The minimum absolute atomic E-state index is 0.0970. The molecular formula is C39H44Cl6O8. The molecule has 2 aromatic rings. The smallest absolute Gasteiger partial charge is 0.312 e. The van der Waals surface area contributed by atoms with Gasteiger partial charge >= 0.3 is 11.9 Å². The Kier molecular flexibility index (Phi) is 10.5. The maximum absolute atomic E-state index is 14.0. The maximum atomic E-state index is 14.0. The van der Waals surface area contributed by atoms with Crippen LogP contribution >= 0.6 is 69.6 Å². The lowest BCUT2D eigenvalue weighted by Gasteiger charge is -2.38. The van der Waals surface area contributed by atoms with Crippen molar-refractivity contribution in [3.63, 3.8) is 0 Å². The quantitative estimate of drug-likeness (QED) is 0.200. The fraction of sp³-hybridized carbons (Fsp3) is 0.590. The highest BCUT2D eigenvalue weighted by atomic mass is 35.5. The van der Waals surface area contributed by atoms with E-state index in [0.29, 0.717) is 38.5 Å². The SMILES string of the molecule is Cc1c(C)c2c(c(C)c1O)CCC(C)(CCOC(=O)C1C(C(=O)OCCC3(C)CCc4c(C)c(O)c(C)c(C)c4O3)C3(Cl)C(Cl)=C(Cl)C1(Cl)C3(Cl)Cl)O2. The lowest BCUT2D eigenvalue weighted by molar-refractivity contribution is -0.162. The second-order valence-electron chi connectivity index (χ2n) is 15.6. The van der Waals surface area contributed by atoms with Gasteiger partial charge in [0.05, 0.1) is 35.1 Å². The van der Waals surface area contributed by atoms with Crippen LogP contribution in [0.2, 0.25) is 0 Å². The minimum atomic E-state index is -2.20. The maximum Gasteiger partial charge on any atom is 0.312 e. The van der Waals surface area contributed by atoms with Gasteiger partial charge < -0.3 is 29.2 Å². The van der Waals surface area contributed by atoms with Gasteiger partial charge in [0.15, 0.2) is 4.33 Å². The largest absolute Gasteiger partial charge is 0.507 e. The molecule has 290 valence electrons. The van der Waals surface area contributed by atoms with E-state index in [1.807, 2.05) is 55.4 Å². The Labute approximate surface area is 340 Å². The Morgan fingerprint density at radius 1 is 0.642 bits per heavy atom. The monoisotopic (exact) mass is 850 g/mol. The summed E-state index contributed by atoms with van der Waals surface area (Å²) in [6.07, 6.45) is 3.14. The zero-order valence-electron chi connectivity index (χ0n) is 30.9. The number of fused-ring (bicyclic) bond motifs is 4. The summed E-state index contributed by atoms with van der Waals surface area (Å²) >= 11 is 41.0. The number of allylic oxidation sites excluding steroid dienone is 2. The van der Waals surface area contributed by atoms with Crippen LogP contribution in [0.3, 0.4) is 0 Å². The normalized spacial score (nSPS) is 31.1. The molecule has 0 saturated heterocycles. The highest BCUT2D eigenvalue weighted by Gasteiger charge is 2.86. The molecule has 0 radical (unpaired) electrons. The van der Waals surface area contributed by atoms with Crippen LogP contribution in [0.15, 0.2) is 10.1 Å². The summed E-state index contributed by atoms with van der Waals surface area (Å²) in [4.78, 5) is 23.9. The van der Waals surface area contributed by atoms with Gasteiger partial charge in [-0.05, 0) is 114 Å². The first kappa shape index (κ1) is 40.7. The van der Waals surface area contributed by atoms with E-state index in [2.05, 4.69) is 0 Å². The van der Waals surface area contributed by atoms with Crippen molar-refractivity contribution in [1.82, 2.24) is 0 Å². The molecule has 2 N–H and O–H groups in total. The number of aromatic hydroxyl groups is 2. The van der Waals surface area contributed by atoms with Crippen molar-refractivity contribution < 1.29 is 38.7 Å². The Balaban J connectivity index is 1.18. The number of esters is 2. The summed E-state index contributed by atoms with van der Waals surface area (Å²) in [7, 11) is 0. The number of phenols is 2. The van der Waals surface area contributed by atoms with E-state index in [-0.39, 0.29) is 34.8 Å². The molecule has 2 aliphatic carbocycles. The number of hydrogen-bond acceptors (Lipinski definition) is 8. The van der Waals surface area contributed by atoms with Crippen molar-refractivity contribution in [2.75, 3.05) is 13.2 Å². The number of hydrogen-bond donors (Lipinski definition) is 2. The molecule has 0 spiro atoms. The third kappa shape index (κ3) is 5.89. The molecule has 1 saturated carbocycles. The van der Waals surface area contributed by atoms with Crippen molar-refractivity contribution in [3.05, 3.63) is 54.6 Å². The number of phenolic OH excluding ortho intramolecular Hbond substituents is 2. The minimum Gasteiger partial charge on any atom is -0.507 e. The summed E-state index contributed by atoms with van der Waals surface area (Å²) in [5.41, 5.74) is 5.25. The molecule has 53 heavy (non-hydrogen) atoms.